The SMILES string of the molecule is CN=C(NCc1ccc(C#N)cc1)NCc1ccccc1C. The third-order valence-corrected chi connectivity index (χ3v) is 3.47. The van der Waals surface area contributed by atoms with E-state index in [0.717, 1.165) is 18.1 Å². The van der Waals surface area contributed by atoms with E-state index in [1.807, 2.05) is 36.4 Å². The minimum atomic E-state index is 0.666. The molecule has 0 radical (unpaired) electrons. The Morgan fingerprint density at radius 1 is 1.05 bits per heavy atom. The highest BCUT2D eigenvalue weighted by Gasteiger charge is 2.01. The topological polar surface area (TPSA) is 60.2 Å². The van der Waals surface area contributed by atoms with E-state index < -0.39 is 0 Å². The van der Waals surface area contributed by atoms with Gasteiger partial charge in [-0.15, -0.1) is 0 Å². The number of rotatable bonds is 4. The van der Waals surface area contributed by atoms with Crippen LogP contribution in [0.5, 0.6) is 0 Å². The second kappa shape index (κ2) is 7.84. The first-order valence-corrected chi connectivity index (χ1v) is 7.21. The van der Waals surface area contributed by atoms with Crippen molar-refractivity contribution in [1.29, 1.82) is 5.26 Å². The van der Waals surface area contributed by atoms with E-state index in [4.69, 9.17) is 5.26 Å². The zero-order valence-electron chi connectivity index (χ0n) is 12.9. The summed E-state index contributed by atoms with van der Waals surface area (Å²) in [6.07, 6.45) is 0. The van der Waals surface area contributed by atoms with Gasteiger partial charge < -0.3 is 10.6 Å². The van der Waals surface area contributed by atoms with Gasteiger partial charge in [-0.3, -0.25) is 4.99 Å². The molecule has 0 saturated carbocycles. The highest BCUT2D eigenvalue weighted by Crippen LogP contribution is 2.06. The maximum atomic E-state index is 8.79. The van der Waals surface area contributed by atoms with Crippen LogP contribution in [0.15, 0.2) is 53.5 Å². The van der Waals surface area contributed by atoms with Crippen LogP contribution in [0.3, 0.4) is 0 Å². The van der Waals surface area contributed by atoms with Crippen LogP contribution >= 0.6 is 0 Å². The first-order chi connectivity index (χ1) is 10.7. The van der Waals surface area contributed by atoms with Crippen LogP contribution in [0.2, 0.25) is 0 Å². The fourth-order valence-corrected chi connectivity index (χ4v) is 2.09. The minimum absolute atomic E-state index is 0.666. The summed E-state index contributed by atoms with van der Waals surface area (Å²) >= 11 is 0. The number of nitriles is 1. The molecule has 0 aliphatic carbocycles. The van der Waals surface area contributed by atoms with E-state index in [2.05, 4.69) is 40.8 Å². The van der Waals surface area contributed by atoms with Crippen LogP contribution in [0.25, 0.3) is 0 Å². The number of aryl methyl sites for hydroxylation is 1. The van der Waals surface area contributed by atoms with Gasteiger partial charge in [0.05, 0.1) is 11.6 Å². The number of guanidine groups is 1. The molecule has 0 atom stereocenters. The first-order valence-electron chi connectivity index (χ1n) is 7.21. The van der Waals surface area contributed by atoms with Crippen molar-refractivity contribution in [2.75, 3.05) is 7.05 Å². The molecular weight excluding hydrogens is 272 g/mol. The maximum Gasteiger partial charge on any atom is 0.191 e. The van der Waals surface area contributed by atoms with Gasteiger partial charge in [-0.2, -0.15) is 5.26 Å². The van der Waals surface area contributed by atoms with Crippen molar-refractivity contribution in [3.8, 4) is 6.07 Å². The zero-order valence-corrected chi connectivity index (χ0v) is 12.9. The van der Waals surface area contributed by atoms with Crippen LogP contribution in [-0.4, -0.2) is 13.0 Å². The average molecular weight is 292 g/mol. The quantitative estimate of drug-likeness (QED) is 0.673. The Hall–Kier alpha value is -2.80. The number of aliphatic imine (C=N–C) groups is 1. The number of hydrogen-bond donors (Lipinski definition) is 2. The van der Waals surface area contributed by atoms with Crippen molar-refractivity contribution in [1.82, 2.24) is 10.6 Å². The summed E-state index contributed by atoms with van der Waals surface area (Å²) in [6, 6.07) is 17.9. The normalized spacial score (nSPS) is 10.9. The summed E-state index contributed by atoms with van der Waals surface area (Å²) in [5, 5.41) is 15.4. The molecule has 2 rings (SSSR count). The Morgan fingerprint density at radius 2 is 1.73 bits per heavy atom. The predicted molar refractivity (Wildman–Crippen MR) is 89.4 cm³/mol. The maximum absolute atomic E-state index is 8.79. The Morgan fingerprint density at radius 3 is 2.36 bits per heavy atom. The molecule has 0 unspecified atom stereocenters. The molecule has 0 spiro atoms. The number of benzene rings is 2. The molecule has 4 heteroatoms. The molecule has 22 heavy (non-hydrogen) atoms. The first kappa shape index (κ1) is 15.6. The van der Waals surface area contributed by atoms with E-state index in [1.165, 1.54) is 11.1 Å². The summed E-state index contributed by atoms with van der Waals surface area (Å²) in [4.78, 5) is 4.22. The molecule has 0 aliphatic heterocycles. The summed E-state index contributed by atoms with van der Waals surface area (Å²) in [5.74, 6) is 0.757. The molecule has 0 aromatic heterocycles. The Labute approximate surface area is 131 Å². The highest BCUT2D eigenvalue weighted by molar-refractivity contribution is 5.79. The Balaban J connectivity index is 1.87. The second-order valence-electron chi connectivity index (χ2n) is 5.01. The summed E-state index contributed by atoms with van der Waals surface area (Å²) in [7, 11) is 1.76. The Kier molecular flexibility index (Phi) is 5.56. The van der Waals surface area contributed by atoms with Crippen LogP contribution in [0.1, 0.15) is 22.3 Å². The van der Waals surface area contributed by atoms with Gasteiger partial charge in [0.25, 0.3) is 0 Å². The monoisotopic (exact) mass is 292 g/mol. The lowest BCUT2D eigenvalue weighted by Gasteiger charge is -2.13. The average Bonchev–Trinajstić information content (AvgIpc) is 2.57. The molecule has 112 valence electrons. The molecule has 2 aromatic rings. The minimum Gasteiger partial charge on any atom is -0.352 e. The van der Waals surface area contributed by atoms with Crippen LogP contribution < -0.4 is 10.6 Å². The lowest BCUT2D eigenvalue weighted by atomic mass is 10.1. The van der Waals surface area contributed by atoms with Gasteiger partial charge in [0.15, 0.2) is 5.96 Å². The van der Waals surface area contributed by atoms with Crippen LogP contribution in [-0.2, 0) is 13.1 Å². The summed E-state index contributed by atoms with van der Waals surface area (Å²) in [6.45, 7) is 3.50. The van der Waals surface area contributed by atoms with Crippen molar-refractivity contribution in [2.45, 2.75) is 20.0 Å². The third kappa shape index (κ3) is 4.35. The van der Waals surface area contributed by atoms with Gasteiger partial charge in [0.1, 0.15) is 0 Å². The van der Waals surface area contributed by atoms with Gasteiger partial charge in [0, 0.05) is 20.1 Å². The van der Waals surface area contributed by atoms with Crippen LogP contribution in [0, 0.1) is 18.3 Å². The van der Waals surface area contributed by atoms with Crippen molar-refractivity contribution in [3.05, 3.63) is 70.8 Å². The summed E-state index contributed by atoms with van der Waals surface area (Å²) < 4.78 is 0. The largest absolute Gasteiger partial charge is 0.352 e. The van der Waals surface area contributed by atoms with Crippen molar-refractivity contribution in [2.24, 2.45) is 4.99 Å². The fourth-order valence-electron chi connectivity index (χ4n) is 2.09. The Bertz CT molecular complexity index is 681. The molecular formula is C18H20N4. The van der Waals surface area contributed by atoms with E-state index in [9.17, 15) is 0 Å². The predicted octanol–water partition coefficient (Wildman–Crippen LogP) is 2.73. The number of nitrogens with one attached hydrogen (secondary N) is 2. The molecule has 0 bridgehead atoms. The molecule has 0 heterocycles. The van der Waals surface area contributed by atoms with E-state index in [-0.39, 0.29) is 0 Å². The number of nitrogens with zero attached hydrogens (tertiary/aromatic N) is 2. The van der Waals surface area contributed by atoms with Gasteiger partial charge >= 0.3 is 0 Å². The van der Waals surface area contributed by atoms with Gasteiger partial charge in [-0.25, -0.2) is 0 Å². The summed E-state index contributed by atoms with van der Waals surface area (Å²) in [5.41, 5.74) is 4.30. The van der Waals surface area contributed by atoms with Crippen LogP contribution in [0.4, 0.5) is 0 Å². The lowest BCUT2D eigenvalue weighted by Crippen LogP contribution is -2.36. The van der Waals surface area contributed by atoms with Crippen molar-refractivity contribution in [3.63, 3.8) is 0 Å². The third-order valence-electron chi connectivity index (χ3n) is 3.47. The molecule has 0 amide bonds. The van der Waals surface area contributed by atoms with Crippen molar-refractivity contribution < 1.29 is 0 Å². The standard InChI is InChI=1S/C18H20N4/c1-14-5-3-4-6-17(14)13-22-18(20-2)21-12-16-9-7-15(11-19)8-10-16/h3-10H,12-13H2,1-2H3,(H2,20,21,22). The van der Waals surface area contributed by atoms with E-state index in [0.29, 0.717) is 12.1 Å². The molecule has 4 nitrogen and oxygen atoms in total. The lowest BCUT2D eigenvalue weighted by molar-refractivity contribution is 0.806. The van der Waals surface area contributed by atoms with Gasteiger partial charge in [-0.05, 0) is 35.7 Å². The molecule has 2 N–H and O–H groups in total. The molecule has 0 saturated heterocycles. The number of hydrogen-bond acceptors (Lipinski definition) is 2. The molecule has 0 fully saturated rings. The smallest absolute Gasteiger partial charge is 0.191 e. The second-order valence-corrected chi connectivity index (χ2v) is 5.01. The molecule has 2 aromatic carbocycles. The zero-order chi connectivity index (χ0) is 15.8. The fraction of sp³-hybridized carbons (Fsp3) is 0.222. The van der Waals surface area contributed by atoms with Crippen molar-refractivity contribution >= 4 is 5.96 Å². The van der Waals surface area contributed by atoms with Gasteiger partial charge in [-0.1, -0.05) is 36.4 Å². The highest BCUT2D eigenvalue weighted by atomic mass is 15.2. The van der Waals surface area contributed by atoms with Gasteiger partial charge in [0.2, 0.25) is 0 Å². The van der Waals surface area contributed by atoms with E-state index >= 15 is 0 Å². The van der Waals surface area contributed by atoms with E-state index in [1.54, 1.807) is 7.05 Å². The molecule has 0 aliphatic rings.